The molecule has 0 amide bonds. The molecule has 4 nitrogen and oxygen atoms in total. The molecule has 0 aromatic carbocycles. The molecule has 0 atom stereocenters. The Morgan fingerprint density at radius 1 is 0.360 bits per heavy atom. The van der Waals surface area contributed by atoms with Crippen LogP contribution >= 0.6 is 0 Å². The van der Waals surface area contributed by atoms with Crippen molar-refractivity contribution in [1.82, 2.24) is 0 Å². The van der Waals surface area contributed by atoms with Crippen LogP contribution in [0.3, 0.4) is 0 Å². The minimum absolute atomic E-state index is 0.250. The zero-order valence-electron chi connectivity index (χ0n) is 17.7. The van der Waals surface area contributed by atoms with Gasteiger partial charge in [-0.2, -0.15) is 0 Å². The van der Waals surface area contributed by atoms with Gasteiger partial charge in [0.1, 0.15) is 0 Å². The zero-order valence-corrected chi connectivity index (χ0v) is 17.7. The average Bonchev–Trinajstić information content (AvgIpc) is 2.62. The number of unbranched alkanes of at least 4 members (excludes halogenated alkanes) is 14. The van der Waals surface area contributed by atoms with E-state index < -0.39 is 0 Å². The quantitative estimate of drug-likeness (QED) is 0.229. The average molecular weight is 361 g/mol. The summed E-state index contributed by atoms with van der Waals surface area (Å²) in [4.78, 5) is 0. The molecule has 0 bridgehead atoms. The van der Waals surface area contributed by atoms with Crippen LogP contribution in [-0.4, -0.2) is 19.8 Å². The first-order valence-corrected chi connectivity index (χ1v) is 11.0. The second-order valence-corrected chi connectivity index (χ2v) is 6.76. The molecule has 0 aliphatic heterocycles. The van der Waals surface area contributed by atoms with Crippen molar-refractivity contribution in [3.05, 3.63) is 0 Å². The maximum Gasteiger partial charge on any atom is 0.0403 e. The molecule has 8 N–H and O–H groups in total. The monoisotopic (exact) mass is 360 g/mol. The lowest BCUT2D eigenvalue weighted by Gasteiger charge is -2.00. The smallest absolute Gasteiger partial charge is 0.0403 e. The molecule has 156 valence electrons. The molecule has 0 heterocycles. The number of nitrogens with two attached hydrogens (primary N) is 4. The highest BCUT2D eigenvalue weighted by molar-refractivity contribution is 4.47. The molecule has 0 aliphatic rings. The largest absolute Gasteiger partial charge is 0.330 e. The highest BCUT2D eigenvalue weighted by Gasteiger charge is 1.90. The van der Waals surface area contributed by atoms with E-state index in [2.05, 4.69) is 25.3 Å². The highest BCUT2D eigenvalue weighted by Crippen LogP contribution is 2.08. The molecular weight excluding hydrogens is 308 g/mol. The molecule has 0 fully saturated rings. The fourth-order valence-electron chi connectivity index (χ4n) is 2.56. The molecule has 0 unspecified atom stereocenters. The molecule has 0 aromatic rings. The topological polar surface area (TPSA) is 104 Å². The van der Waals surface area contributed by atoms with Crippen LogP contribution in [0, 0.1) is 0 Å². The summed E-state index contributed by atoms with van der Waals surface area (Å²) in [5, 5.41) is 0. The van der Waals surface area contributed by atoms with Crippen molar-refractivity contribution < 1.29 is 0 Å². The molecule has 0 rings (SSSR count). The lowest BCUT2D eigenvalue weighted by molar-refractivity contribution is 0.572. The minimum atomic E-state index is 0.250. The van der Waals surface area contributed by atoms with Crippen molar-refractivity contribution in [2.75, 3.05) is 19.8 Å². The summed E-state index contributed by atoms with van der Waals surface area (Å²) in [6.45, 7) is 6.50. The SMILES string of the molecule is CCCCCCCCCC.NCCCCCCCCCCN.NCN. The van der Waals surface area contributed by atoms with Crippen LogP contribution in [0.15, 0.2) is 0 Å². The number of hydrogen-bond donors (Lipinski definition) is 4. The maximum atomic E-state index is 5.40. The Hall–Kier alpha value is -0.160. The summed E-state index contributed by atoms with van der Waals surface area (Å²) in [7, 11) is 0. The molecule has 0 spiro atoms. The van der Waals surface area contributed by atoms with Gasteiger partial charge in [0.25, 0.3) is 0 Å². The second kappa shape index (κ2) is 35.0. The fourth-order valence-corrected chi connectivity index (χ4v) is 2.56. The predicted octanol–water partition coefficient (Wildman–Crippen LogP) is 5.03. The van der Waals surface area contributed by atoms with Crippen LogP contribution in [0.1, 0.15) is 117 Å². The van der Waals surface area contributed by atoms with Crippen LogP contribution in [0.2, 0.25) is 0 Å². The summed E-state index contributed by atoms with van der Waals surface area (Å²) in [6.07, 6.45) is 22.0. The molecular formula is C21H52N4. The van der Waals surface area contributed by atoms with Crippen molar-refractivity contribution in [2.24, 2.45) is 22.9 Å². The van der Waals surface area contributed by atoms with Gasteiger partial charge < -0.3 is 22.9 Å². The van der Waals surface area contributed by atoms with E-state index in [1.807, 2.05) is 0 Å². The van der Waals surface area contributed by atoms with Gasteiger partial charge in [-0.05, 0) is 25.9 Å². The lowest BCUT2D eigenvalue weighted by Crippen LogP contribution is -2.08. The van der Waals surface area contributed by atoms with Crippen molar-refractivity contribution in [3.8, 4) is 0 Å². The number of hydrogen-bond acceptors (Lipinski definition) is 4. The standard InChI is InChI=1S/C10H24N2.C10H22.CH6N2/c11-9-7-5-3-1-2-4-6-8-10-12;1-3-5-7-9-10-8-6-4-2;2-1-3/h1-12H2;3-10H2,1-2H3;1-3H2. The minimum Gasteiger partial charge on any atom is -0.330 e. The number of rotatable bonds is 16. The Balaban J connectivity index is -0.000000338. The van der Waals surface area contributed by atoms with E-state index >= 15 is 0 Å². The molecule has 0 saturated heterocycles. The first-order chi connectivity index (χ1) is 12.2. The maximum absolute atomic E-state index is 5.40. The van der Waals surface area contributed by atoms with Gasteiger partial charge in [0.05, 0.1) is 0 Å². The summed E-state index contributed by atoms with van der Waals surface area (Å²) in [5.74, 6) is 0. The molecule has 25 heavy (non-hydrogen) atoms. The van der Waals surface area contributed by atoms with E-state index in [4.69, 9.17) is 11.5 Å². The first kappa shape index (κ1) is 29.6. The first-order valence-electron chi connectivity index (χ1n) is 11.0. The Bertz CT molecular complexity index is 159. The van der Waals surface area contributed by atoms with Crippen molar-refractivity contribution in [3.63, 3.8) is 0 Å². The van der Waals surface area contributed by atoms with Crippen molar-refractivity contribution in [2.45, 2.75) is 117 Å². The van der Waals surface area contributed by atoms with E-state index in [9.17, 15) is 0 Å². The zero-order chi connectivity index (χ0) is 19.4. The van der Waals surface area contributed by atoms with Crippen LogP contribution < -0.4 is 22.9 Å². The highest BCUT2D eigenvalue weighted by atomic mass is 14.7. The molecule has 0 aromatic heterocycles. The van der Waals surface area contributed by atoms with Gasteiger partial charge >= 0.3 is 0 Å². The lowest BCUT2D eigenvalue weighted by atomic mass is 10.1. The summed E-state index contributed by atoms with van der Waals surface area (Å²) in [5.41, 5.74) is 20.0. The van der Waals surface area contributed by atoms with Gasteiger partial charge in [0, 0.05) is 6.67 Å². The van der Waals surface area contributed by atoms with Gasteiger partial charge in [-0.1, -0.05) is 104 Å². The Morgan fingerprint density at radius 3 is 0.760 bits per heavy atom. The van der Waals surface area contributed by atoms with E-state index in [1.165, 1.54) is 103 Å². The third-order valence-electron chi connectivity index (χ3n) is 4.12. The van der Waals surface area contributed by atoms with E-state index in [0.717, 1.165) is 13.1 Å². The van der Waals surface area contributed by atoms with E-state index in [1.54, 1.807) is 0 Å². The van der Waals surface area contributed by atoms with Gasteiger partial charge in [0.15, 0.2) is 0 Å². The normalized spacial score (nSPS) is 9.84. The van der Waals surface area contributed by atoms with Crippen LogP contribution in [0.4, 0.5) is 0 Å². The molecule has 0 radical (unpaired) electrons. The van der Waals surface area contributed by atoms with Gasteiger partial charge in [-0.15, -0.1) is 0 Å². The Morgan fingerprint density at radius 2 is 0.560 bits per heavy atom. The molecule has 4 heteroatoms. The summed E-state index contributed by atoms with van der Waals surface area (Å²) >= 11 is 0. The fraction of sp³-hybridized carbons (Fsp3) is 1.00. The second-order valence-electron chi connectivity index (χ2n) is 6.76. The van der Waals surface area contributed by atoms with Gasteiger partial charge in [0.2, 0.25) is 0 Å². The summed E-state index contributed by atoms with van der Waals surface area (Å²) in [6, 6.07) is 0. The van der Waals surface area contributed by atoms with Gasteiger partial charge in [-0.3, -0.25) is 0 Å². The third-order valence-corrected chi connectivity index (χ3v) is 4.12. The van der Waals surface area contributed by atoms with Crippen LogP contribution in [0.25, 0.3) is 0 Å². The van der Waals surface area contributed by atoms with E-state index in [0.29, 0.717) is 0 Å². The molecule has 0 saturated carbocycles. The van der Waals surface area contributed by atoms with Crippen LogP contribution in [0.5, 0.6) is 0 Å². The summed E-state index contributed by atoms with van der Waals surface area (Å²) < 4.78 is 0. The Kier molecular flexibility index (Phi) is 41.5. The van der Waals surface area contributed by atoms with Crippen molar-refractivity contribution in [1.29, 1.82) is 0 Å². The van der Waals surface area contributed by atoms with Crippen LogP contribution in [-0.2, 0) is 0 Å². The third kappa shape index (κ3) is 45.3. The molecule has 0 aliphatic carbocycles. The van der Waals surface area contributed by atoms with Crippen molar-refractivity contribution >= 4 is 0 Å². The predicted molar refractivity (Wildman–Crippen MR) is 117 cm³/mol. The Labute approximate surface area is 159 Å². The van der Waals surface area contributed by atoms with Gasteiger partial charge in [-0.25, -0.2) is 0 Å². The van der Waals surface area contributed by atoms with E-state index in [-0.39, 0.29) is 6.67 Å².